The molecule has 0 saturated heterocycles. The van der Waals surface area contributed by atoms with E-state index in [-0.39, 0.29) is 11.9 Å². The van der Waals surface area contributed by atoms with E-state index in [0.717, 1.165) is 30.3 Å². The second-order valence-corrected chi connectivity index (χ2v) is 11.9. The maximum absolute atomic E-state index is 6.58. The highest BCUT2D eigenvalue weighted by Crippen LogP contribution is 2.67. The van der Waals surface area contributed by atoms with E-state index in [1.807, 2.05) is 7.11 Å². The smallest absolute Gasteiger partial charge is 0.0735 e. The molecule has 2 nitrogen and oxygen atoms in total. The number of hydrogen-bond acceptors (Lipinski definition) is 2. The predicted octanol–water partition coefficient (Wildman–Crippen LogP) is 6.97. The van der Waals surface area contributed by atoms with Crippen LogP contribution in [-0.4, -0.2) is 33.8 Å². The fourth-order valence-corrected chi connectivity index (χ4v) is 8.82. The Kier molecular flexibility index (Phi) is 7.30. The van der Waals surface area contributed by atoms with E-state index in [0.29, 0.717) is 16.9 Å². The van der Waals surface area contributed by atoms with Crippen LogP contribution in [0.3, 0.4) is 0 Å². The van der Waals surface area contributed by atoms with Crippen LogP contribution >= 0.6 is 0 Å². The number of hydrogen-bond donors (Lipinski definition) is 0. The van der Waals surface area contributed by atoms with Crippen molar-refractivity contribution in [3.8, 4) is 0 Å². The molecule has 0 bridgehead atoms. The highest BCUT2D eigenvalue weighted by molar-refractivity contribution is 6.12. The summed E-state index contributed by atoms with van der Waals surface area (Å²) in [4.78, 5) is 0. The topological polar surface area (TPSA) is 18.5 Å². The minimum atomic E-state index is 0.232. The van der Waals surface area contributed by atoms with Gasteiger partial charge in [0.25, 0.3) is 0 Å². The lowest BCUT2D eigenvalue weighted by atomic mass is 9.45. The molecule has 2 radical (unpaired) electrons. The third kappa shape index (κ3) is 4.04. The van der Waals surface area contributed by atoms with Crippen LogP contribution in [0.4, 0.5) is 0 Å². The molecule has 0 aromatic heterocycles. The molecule has 0 spiro atoms. The van der Waals surface area contributed by atoms with Crippen LogP contribution in [0.15, 0.2) is 0 Å². The van der Waals surface area contributed by atoms with E-state index in [9.17, 15) is 0 Å². The summed E-state index contributed by atoms with van der Waals surface area (Å²) in [5.41, 5.74) is 0.830. The van der Waals surface area contributed by atoms with E-state index in [2.05, 4.69) is 20.8 Å². The van der Waals surface area contributed by atoms with E-state index < -0.39 is 0 Å². The van der Waals surface area contributed by atoms with Crippen molar-refractivity contribution in [3.63, 3.8) is 0 Å². The van der Waals surface area contributed by atoms with Crippen LogP contribution in [0.1, 0.15) is 104 Å². The van der Waals surface area contributed by atoms with E-state index in [4.69, 9.17) is 17.3 Å². The van der Waals surface area contributed by atoms with Crippen LogP contribution in [0.5, 0.6) is 0 Å². The third-order valence-corrected chi connectivity index (χ3v) is 10.5. The van der Waals surface area contributed by atoms with Gasteiger partial charge in [-0.1, -0.05) is 58.7 Å². The minimum absolute atomic E-state index is 0.232. The average Bonchev–Trinajstić information content (AvgIpc) is 3.00. The number of unbranched alkanes of at least 4 members (excludes halogenated alkanes) is 4. The largest absolute Gasteiger partial charge is 0.381 e. The van der Waals surface area contributed by atoms with E-state index >= 15 is 0 Å². The van der Waals surface area contributed by atoms with Crippen LogP contribution in [0.2, 0.25) is 5.82 Å². The van der Waals surface area contributed by atoms with Crippen LogP contribution in [0.25, 0.3) is 0 Å². The number of fused-ring (bicyclic) bond motifs is 5. The van der Waals surface area contributed by atoms with Crippen LogP contribution in [-0.2, 0) is 9.47 Å². The summed E-state index contributed by atoms with van der Waals surface area (Å²) in [7, 11) is 8.46. The molecular weight excluding hydrogens is 367 g/mol. The summed E-state index contributed by atoms with van der Waals surface area (Å²) < 4.78 is 12.3. The molecule has 0 heterocycles. The molecule has 4 aliphatic rings. The lowest BCUT2D eigenvalue weighted by Crippen LogP contribution is -2.54. The van der Waals surface area contributed by atoms with Gasteiger partial charge in [0.1, 0.15) is 0 Å². The summed E-state index contributed by atoms with van der Waals surface area (Å²) in [6.45, 7) is 8.42. The Bertz CT molecular complexity index is 567. The van der Waals surface area contributed by atoms with Crippen LogP contribution in [0, 0.1) is 34.5 Å². The van der Waals surface area contributed by atoms with Gasteiger partial charge in [-0.15, -0.1) is 0 Å². The summed E-state index contributed by atoms with van der Waals surface area (Å²) >= 11 is 0. The fourth-order valence-electron chi connectivity index (χ4n) is 8.82. The first-order valence-electron chi connectivity index (χ1n) is 13.3. The molecule has 0 aliphatic heterocycles. The Morgan fingerprint density at radius 1 is 0.867 bits per heavy atom. The number of rotatable bonds is 8. The molecular formula is C27H47BO2. The zero-order chi connectivity index (χ0) is 21.4. The summed E-state index contributed by atoms with van der Waals surface area (Å²) in [5, 5.41) is 0. The Hall–Kier alpha value is -0.0151. The van der Waals surface area contributed by atoms with E-state index in [1.54, 1.807) is 0 Å². The van der Waals surface area contributed by atoms with Gasteiger partial charge in [0, 0.05) is 13.7 Å². The first-order chi connectivity index (χ1) is 14.4. The van der Waals surface area contributed by atoms with E-state index in [1.165, 1.54) is 83.5 Å². The van der Waals surface area contributed by atoms with Gasteiger partial charge < -0.3 is 9.47 Å². The summed E-state index contributed by atoms with van der Waals surface area (Å²) in [5.74, 6) is 3.64. The number of methoxy groups -OCH3 is 1. The Morgan fingerprint density at radius 3 is 2.40 bits per heavy atom. The van der Waals surface area contributed by atoms with Crippen molar-refractivity contribution in [2.45, 2.75) is 122 Å². The molecule has 0 amide bonds. The van der Waals surface area contributed by atoms with Gasteiger partial charge in [0.2, 0.25) is 0 Å². The van der Waals surface area contributed by atoms with Crippen molar-refractivity contribution in [1.82, 2.24) is 0 Å². The quantitative estimate of drug-likeness (QED) is 0.315. The molecule has 3 heteroatoms. The van der Waals surface area contributed by atoms with Gasteiger partial charge >= 0.3 is 0 Å². The van der Waals surface area contributed by atoms with Gasteiger partial charge in [0.05, 0.1) is 20.1 Å². The van der Waals surface area contributed by atoms with Gasteiger partial charge in [-0.25, -0.2) is 0 Å². The Labute approximate surface area is 188 Å². The fraction of sp³-hybridized carbons (Fsp3) is 1.00. The molecule has 170 valence electrons. The van der Waals surface area contributed by atoms with Gasteiger partial charge in [0.15, 0.2) is 0 Å². The molecule has 0 N–H and O–H groups in total. The molecule has 4 aliphatic carbocycles. The first kappa shape index (κ1) is 23.2. The molecule has 30 heavy (non-hydrogen) atoms. The maximum Gasteiger partial charge on any atom is 0.0735 e. The SMILES string of the molecule is [B][C@@H]1C[C@H]2[C@@H]3CC[C@H]4C[C@@H](OCCCCCCC)CC[C@]4(C)[C@H]3CC[C@]2(C)C1OC. The number of ether oxygens (including phenoxy) is 2. The van der Waals surface area contributed by atoms with Crippen molar-refractivity contribution in [1.29, 1.82) is 0 Å². The highest BCUT2D eigenvalue weighted by atomic mass is 16.5. The molecule has 9 atom stereocenters. The molecule has 4 fully saturated rings. The zero-order valence-electron chi connectivity index (χ0n) is 20.3. The zero-order valence-corrected chi connectivity index (χ0v) is 20.3. The molecule has 4 rings (SSSR count). The molecule has 0 aromatic carbocycles. The van der Waals surface area contributed by atoms with Gasteiger partial charge in [-0.3, -0.25) is 0 Å². The Morgan fingerprint density at radius 2 is 1.63 bits per heavy atom. The van der Waals surface area contributed by atoms with Crippen molar-refractivity contribution < 1.29 is 9.47 Å². The predicted molar refractivity (Wildman–Crippen MR) is 126 cm³/mol. The highest BCUT2D eigenvalue weighted by Gasteiger charge is 2.61. The average molecular weight is 414 g/mol. The van der Waals surface area contributed by atoms with Crippen molar-refractivity contribution >= 4 is 7.85 Å². The van der Waals surface area contributed by atoms with Gasteiger partial charge in [-0.2, -0.15) is 0 Å². The standard InChI is InChI=1S/C27H47BO2/c1-5-6-7-8-9-16-30-20-12-14-26(2)19(17-20)10-11-21-22(26)13-15-27(3)23(21)18-24(28)25(27)29-4/h19-25H,5-18H2,1-4H3/t19-,20-,21+,22-,23-,24+,25?,26-,27-/m0/s1. The van der Waals surface area contributed by atoms with Crippen molar-refractivity contribution in [2.75, 3.05) is 13.7 Å². The van der Waals surface area contributed by atoms with Crippen molar-refractivity contribution in [2.24, 2.45) is 34.5 Å². The minimum Gasteiger partial charge on any atom is -0.381 e. The lowest BCUT2D eigenvalue weighted by molar-refractivity contribution is -0.143. The Balaban J connectivity index is 1.35. The van der Waals surface area contributed by atoms with Gasteiger partial charge in [-0.05, 0) is 85.9 Å². The van der Waals surface area contributed by atoms with Crippen molar-refractivity contribution in [3.05, 3.63) is 0 Å². The monoisotopic (exact) mass is 414 g/mol. The van der Waals surface area contributed by atoms with Crippen LogP contribution < -0.4 is 0 Å². The third-order valence-electron chi connectivity index (χ3n) is 10.5. The lowest BCUT2D eigenvalue weighted by Gasteiger charge is -2.61. The second kappa shape index (κ2) is 9.46. The maximum atomic E-state index is 6.58. The molecule has 0 aromatic rings. The summed E-state index contributed by atoms with van der Waals surface area (Å²) in [6, 6.07) is 0. The summed E-state index contributed by atoms with van der Waals surface area (Å²) in [6.07, 6.45) is 18.1. The molecule has 1 unspecified atom stereocenters. The normalized spacial score (nSPS) is 48.1. The first-order valence-corrected chi connectivity index (χ1v) is 13.3. The second-order valence-electron chi connectivity index (χ2n) is 11.9. The molecule has 4 saturated carbocycles.